The van der Waals surface area contributed by atoms with Crippen LogP contribution in [-0.2, 0) is 14.3 Å². The largest absolute Gasteiger partial charge is 0.394 e. The van der Waals surface area contributed by atoms with Crippen molar-refractivity contribution in [2.75, 3.05) is 13.2 Å². The second-order valence-corrected chi connectivity index (χ2v) is 15.7. The molecule has 1 heterocycles. The van der Waals surface area contributed by atoms with Crippen molar-refractivity contribution >= 4 is 11.8 Å². The van der Waals surface area contributed by atoms with Gasteiger partial charge in [0.15, 0.2) is 6.23 Å². The molecule has 0 aliphatic carbocycles. The normalized spacial score (nSPS) is 20.5. The van der Waals surface area contributed by atoms with E-state index in [-0.39, 0.29) is 11.8 Å². The van der Waals surface area contributed by atoms with Gasteiger partial charge >= 0.3 is 0 Å². The van der Waals surface area contributed by atoms with Crippen LogP contribution in [-0.4, -0.2) is 75.8 Å². The number of rotatable bonds is 35. The molecular weight excluding hydrogens is 652 g/mol. The second kappa shape index (κ2) is 34.0. The van der Waals surface area contributed by atoms with Gasteiger partial charge in [-0.15, -0.1) is 0 Å². The van der Waals surface area contributed by atoms with E-state index < -0.39 is 37.2 Å². The topological polar surface area (TPSA) is 119 Å². The van der Waals surface area contributed by atoms with Gasteiger partial charge in [0, 0.05) is 19.9 Å². The number of ether oxygens (including phenoxy) is 1. The van der Waals surface area contributed by atoms with Gasteiger partial charge in [0.1, 0.15) is 24.4 Å². The van der Waals surface area contributed by atoms with Gasteiger partial charge in [-0.25, -0.2) is 0 Å². The number of hydrogen-bond donors (Lipinski definition) is 4. The molecular formula is C44H84N2O6. The molecule has 0 saturated carbocycles. The highest BCUT2D eigenvalue weighted by atomic mass is 16.5. The van der Waals surface area contributed by atoms with Gasteiger partial charge in [0.05, 0.1) is 6.61 Å². The lowest BCUT2D eigenvalue weighted by molar-refractivity contribution is -0.231. The van der Waals surface area contributed by atoms with Crippen LogP contribution < -0.4 is 5.32 Å². The van der Waals surface area contributed by atoms with Crippen LogP contribution in [0.1, 0.15) is 213 Å². The summed E-state index contributed by atoms with van der Waals surface area (Å²) >= 11 is 0. The summed E-state index contributed by atoms with van der Waals surface area (Å²) in [6, 6.07) is -0.977. The molecule has 5 atom stereocenters. The maximum atomic E-state index is 13.7. The molecule has 0 unspecified atom stereocenters. The number of hydrogen-bond acceptors (Lipinski definition) is 6. The summed E-state index contributed by atoms with van der Waals surface area (Å²) in [5.74, 6) is -0.446. The van der Waals surface area contributed by atoms with Crippen molar-refractivity contribution in [3.63, 3.8) is 0 Å². The summed E-state index contributed by atoms with van der Waals surface area (Å²) < 4.78 is 6.05. The zero-order valence-corrected chi connectivity index (χ0v) is 34.2. The van der Waals surface area contributed by atoms with E-state index in [1.165, 1.54) is 142 Å². The third-order valence-electron chi connectivity index (χ3n) is 10.8. The lowest BCUT2D eigenvalue weighted by Gasteiger charge is -2.46. The molecule has 1 aliphatic rings. The van der Waals surface area contributed by atoms with Crippen molar-refractivity contribution in [2.24, 2.45) is 0 Å². The molecule has 306 valence electrons. The van der Waals surface area contributed by atoms with Gasteiger partial charge in [0.2, 0.25) is 11.8 Å². The molecule has 0 radical (unpaired) electrons. The number of aliphatic hydroxyl groups is 3. The van der Waals surface area contributed by atoms with Crippen LogP contribution in [0.2, 0.25) is 0 Å². The van der Waals surface area contributed by atoms with Crippen LogP contribution in [0.15, 0.2) is 12.2 Å². The van der Waals surface area contributed by atoms with Crippen molar-refractivity contribution in [3.8, 4) is 0 Å². The maximum absolute atomic E-state index is 13.7. The summed E-state index contributed by atoms with van der Waals surface area (Å²) in [6.45, 7) is 5.83. The fraction of sp³-hybridized carbons (Fsp3) is 0.909. The maximum Gasteiger partial charge on any atom is 0.224 e. The minimum absolute atomic E-state index is 0.0702. The number of nitrogens with one attached hydrogen (secondary N) is 1. The predicted molar refractivity (Wildman–Crippen MR) is 216 cm³/mol. The summed E-state index contributed by atoms with van der Waals surface area (Å²) in [5.41, 5.74) is 0. The van der Waals surface area contributed by atoms with Gasteiger partial charge < -0.3 is 30.3 Å². The summed E-state index contributed by atoms with van der Waals surface area (Å²) in [4.78, 5) is 27.4. The fourth-order valence-electron chi connectivity index (χ4n) is 7.47. The molecule has 1 rings (SSSR count). The van der Waals surface area contributed by atoms with Gasteiger partial charge in [0.25, 0.3) is 0 Å². The zero-order chi connectivity index (χ0) is 38.1. The van der Waals surface area contributed by atoms with E-state index in [4.69, 9.17) is 4.74 Å². The summed E-state index contributed by atoms with van der Waals surface area (Å²) in [6.07, 6.45) is 36.1. The van der Waals surface area contributed by atoms with Crippen molar-refractivity contribution in [3.05, 3.63) is 12.2 Å². The first-order valence-corrected chi connectivity index (χ1v) is 22.2. The molecule has 1 saturated heterocycles. The van der Waals surface area contributed by atoms with Crippen LogP contribution >= 0.6 is 0 Å². The Balaban J connectivity index is 2.46. The molecule has 0 bridgehead atoms. The lowest BCUT2D eigenvalue weighted by Crippen LogP contribution is -2.68. The van der Waals surface area contributed by atoms with E-state index in [9.17, 15) is 24.9 Å². The number of amides is 2. The summed E-state index contributed by atoms with van der Waals surface area (Å²) in [5, 5.41) is 34.0. The number of carbonyl (C=O) groups excluding carboxylic acids is 2. The molecule has 2 amide bonds. The Kier molecular flexibility index (Phi) is 31.8. The Bertz CT molecular complexity index is 870. The Morgan fingerprint density at radius 3 is 1.42 bits per heavy atom. The van der Waals surface area contributed by atoms with Crippen molar-refractivity contribution < 1.29 is 29.6 Å². The van der Waals surface area contributed by atoms with Gasteiger partial charge in [-0.05, 0) is 38.5 Å². The standard InChI is InChI=1S/C44H84N2O6/c1-4-6-8-10-12-14-16-18-20-22-24-26-28-30-32-34-36-46(44-41(45-38(3)48)43(51)42(50)39(37-47)52-44)40(49)35-33-31-29-27-25-23-21-19-17-15-13-11-9-7-5-2/h19,21,39,41-44,47,50-51H,4-18,20,22-37H2,1-3H3,(H,45,48)/b21-19-/t39-,41+,42-,43-,44-/m1/s1. The first-order valence-electron chi connectivity index (χ1n) is 22.2. The third-order valence-corrected chi connectivity index (χ3v) is 10.8. The van der Waals surface area contributed by atoms with Crippen LogP contribution in [0, 0.1) is 0 Å². The first-order chi connectivity index (χ1) is 25.4. The number of carbonyl (C=O) groups is 2. The Morgan fingerprint density at radius 1 is 0.596 bits per heavy atom. The molecule has 52 heavy (non-hydrogen) atoms. The van der Waals surface area contributed by atoms with E-state index >= 15 is 0 Å². The third kappa shape index (κ3) is 24.0. The second-order valence-electron chi connectivity index (χ2n) is 15.7. The molecule has 0 aromatic carbocycles. The van der Waals surface area contributed by atoms with Crippen molar-refractivity contribution in [2.45, 2.75) is 244 Å². The SMILES string of the molecule is CCCCCCCC/C=C\CCCCCCCC(=O)N(CCCCCCCCCCCCCCCCCC)[C@@H]1O[C@H](CO)[C@@H](O)[C@H](O)[C@@H]1NC(C)=O. The van der Waals surface area contributed by atoms with Crippen LogP contribution in [0.4, 0.5) is 0 Å². The van der Waals surface area contributed by atoms with Gasteiger partial charge in [-0.1, -0.05) is 174 Å². The first kappa shape index (κ1) is 48.5. The highest BCUT2D eigenvalue weighted by Gasteiger charge is 2.47. The Hall–Kier alpha value is -1.48. The number of aliphatic hydroxyl groups excluding tert-OH is 3. The van der Waals surface area contributed by atoms with Gasteiger partial charge in [-0.3, -0.25) is 9.59 Å². The predicted octanol–water partition coefficient (Wildman–Crippen LogP) is 10.1. The minimum atomic E-state index is -1.36. The van der Waals surface area contributed by atoms with Crippen molar-refractivity contribution in [1.82, 2.24) is 10.2 Å². The van der Waals surface area contributed by atoms with Gasteiger partial charge in [-0.2, -0.15) is 0 Å². The van der Waals surface area contributed by atoms with Crippen LogP contribution in [0.5, 0.6) is 0 Å². The molecule has 0 spiro atoms. The monoisotopic (exact) mass is 737 g/mol. The van der Waals surface area contributed by atoms with E-state index in [1.54, 1.807) is 4.90 Å². The zero-order valence-electron chi connectivity index (χ0n) is 34.2. The number of nitrogens with zero attached hydrogens (tertiary/aromatic N) is 1. The van der Waals surface area contributed by atoms with Crippen LogP contribution in [0.3, 0.4) is 0 Å². The van der Waals surface area contributed by atoms with E-state index in [2.05, 4.69) is 31.3 Å². The number of allylic oxidation sites excluding steroid dienone is 2. The van der Waals surface area contributed by atoms with Crippen molar-refractivity contribution in [1.29, 1.82) is 0 Å². The highest BCUT2D eigenvalue weighted by molar-refractivity contribution is 5.77. The number of unbranched alkanes of at least 4 members (excludes halogenated alkanes) is 26. The molecule has 4 N–H and O–H groups in total. The molecule has 8 heteroatoms. The smallest absolute Gasteiger partial charge is 0.224 e. The molecule has 1 fully saturated rings. The lowest BCUT2D eigenvalue weighted by atomic mass is 9.94. The molecule has 8 nitrogen and oxygen atoms in total. The highest BCUT2D eigenvalue weighted by Crippen LogP contribution is 2.26. The van der Waals surface area contributed by atoms with E-state index in [0.717, 1.165) is 51.4 Å². The molecule has 0 aromatic heterocycles. The van der Waals surface area contributed by atoms with Crippen LogP contribution in [0.25, 0.3) is 0 Å². The summed E-state index contributed by atoms with van der Waals surface area (Å²) in [7, 11) is 0. The quantitative estimate of drug-likeness (QED) is 0.0380. The Morgan fingerprint density at radius 2 is 1.00 bits per heavy atom. The van der Waals surface area contributed by atoms with E-state index in [0.29, 0.717) is 13.0 Å². The molecule has 1 aliphatic heterocycles. The molecule has 0 aromatic rings. The average Bonchev–Trinajstić information content (AvgIpc) is 3.13. The van der Waals surface area contributed by atoms with E-state index in [1.807, 2.05) is 0 Å². The average molecular weight is 737 g/mol. The minimum Gasteiger partial charge on any atom is -0.394 e. The fourth-order valence-corrected chi connectivity index (χ4v) is 7.47. The Labute approximate surface area is 320 Å².